The van der Waals surface area contributed by atoms with E-state index in [1.54, 1.807) is 0 Å². The SMILES string of the molecule is C=C=CC1C(CCC)C1C(=O)OC. The van der Waals surface area contributed by atoms with E-state index < -0.39 is 0 Å². The van der Waals surface area contributed by atoms with Gasteiger partial charge in [-0.3, -0.25) is 4.79 Å². The summed E-state index contributed by atoms with van der Waals surface area (Å²) >= 11 is 0. The van der Waals surface area contributed by atoms with Crippen molar-refractivity contribution in [2.45, 2.75) is 19.8 Å². The molecule has 1 aliphatic carbocycles. The van der Waals surface area contributed by atoms with E-state index in [4.69, 9.17) is 4.74 Å². The molecule has 0 radical (unpaired) electrons. The number of allylic oxidation sites excluding steroid dienone is 1. The van der Waals surface area contributed by atoms with Gasteiger partial charge in [-0.25, -0.2) is 0 Å². The van der Waals surface area contributed by atoms with Crippen LogP contribution in [0.1, 0.15) is 19.8 Å². The zero-order valence-electron chi connectivity index (χ0n) is 8.25. The first-order valence-electron chi connectivity index (χ1n) is 4.70. The Morgan fingerprint density at radius 2 is 2.38 bits per heavy atom. The molecule has 1 rings (SSSR count). The van der Waals surface area contributed by atoms with Crippen LogP contribution in [0.4, 0.5) is 0 Å². The van der Waals surface area contributed by atoms with Crippen molar-refractivity contribution < 1.29 is 9.53 Å². The van der Waals surface area contributed by atoms with Crippen LogP contribution < -0.4 is 0 Å². The third-order valence-electron chi connectivity index (χ3n) is 2.64. The summed E-state index contributed by atoms with van der Waals surface area (Å²) in [5.41, 5.74) is 2.74. The molecule has 0 aromatic heterocycles. The Morgan fingerprint density at radius 1 is 1.69 bits per heavy atom. The van der Waals surface area contributed by atoms with Gasteiger partial charge < -0.3 is 4.74 Å². The molecular weight excluding hydrogens is 164 g/mol. The van der Waals surface area contributed by atoms with Gasteiger partial charge in [0.25, 0.3) is 0 Å². The molecule has 2 heteroatoms. The molecule has 0 aliphatic heterocycles. The lowest BCUT2D eigenvalue weighted by atomic mass is 10.2. The van der Waals surface area contributed by atoms with E-state index in [0.29, 0.717) is 11.8 Å². The molecule has 0 aromatic rings. The normalized spacial score (nSPS) is 30.5. The molecule has 1 aliphatic rings. The van der Waals surface area contributed by atoms with Gasteiger partial charge in [0, 0.05) is 5.92 Å². The molecule has 1 saturated carbocycles. The van der Waals surface area contributed by atoms with Gasteiger partial charge in [0.05, 0.1) is 13.0 Å². The highest BCUT2D eigenvalue weighted by molar-refractivity contribution is 5.76. The second-order valence-electron chi connectivity index (χ2n) is 3.45. The Bertz CT molecular complexity index is 238. The number of ether oxygens (including phenoxy) is 1. The topological polar surface area (TPSA) is 26.3 Å². The van der Waals surface area contributed by atoms with Crippen molar-refractivity contribution in [2.75, 3.05) is 7.11 Å². The van der Waals surface area contributed by atoms with Crippen LogP contribution in [0.15, 0.2) is 18.4 Å². The van der Waals surface area contributed by atoms with Crippen LogP contribution in [-0.4, -0.2) is 13.1 Å². The minimum absolute atomic E-state index is 0.0687. The number of hydrogen-bond donors (Lipinski definition) is 0. The third kappa shape index (κ3) is 2.02. The molecule has 0 N–H and O–H groups in total. The maximum atomic E-state index is 11.3. The molecule has 0 aromatic carbocycles. The Morgan fingerprint density at radius 3 is 2.85 bits per heavy atom. The number of esters is 1. The van der Waals surface area contributed by atoms with Crippen LogP contribution in [-0.2, 0) is 9.53 Å². The van der Waals surface area contributed by atoms with E-state index in [9.17, 15) is 4.79 Å². The second-order valence-corrected chi connectivity index (χ2v) is 3.45. The maximum absolute atomic E-state index is 11.3. The smallest absolute Gasteiger partial charge is 0.309 e. The van der Waals surface area contributed by atoms with Crippen LogP contribution in [0.3, 0.4) is 0 Å². The molecule has 0 amide bonds. The van der Waals surface area contributed by atoms with Crippen molar-refractivity contribution in [1.82, 2.24) is 0 Å². The number of methoxy groups -OCH3 is 1. The van der Waals surface area contributed by atoms with Crippen LogP contribution in [0, 0.1) is 17.8 Å². The third-order valence-corrected chi connectivity index (χ3v) is 2.64. The van der Waals surface area contributed by atoms with Crippen molar-refractivity contribution in [3.8, 4) is 0 Å². The Labute approximate surface area is 79.3 Å². The van der Waals surface area contributed by atoms with E-state index in [2.05, 4.69) is 19.2 Å². The lowest BCUT2D eigenvalue weighted by Crippen LogP contribution is -2.05. The van der Waals surface area contributed by atoms with E-state index in [1.807, 2.05) is 6.08 Å². The fourth-order valence-corrected chi connectivity index (χ4v) is 1.94. The van der Waals surface area contributed by atoms with Crippen LogP contribution >= 0.6 is 0 Å². The van der Waals surface area contributed by atoms with Gasteiger partial charge in [0.1, 0.15) is 0 Å². The molecule has 0 bridgehead atoms. The maximum Gasteiger partial charge on any atom is 0.309 e. The van der Waals surface area contributed by atoms with Gasteiger partial charge in [-0.15, -0.1) is 5.73 Å². The molecule has 0 saturated heterocycles. The first-order valence-corrected chi connectivity index (χ1v) is 4.70. The fourth-order valence-electron chi connectivity index (χ4n) is 1.94. The van der Waals surface area contributed by atoms with Gasteiger partial charge in [-0.1, -0.05) is 19.9 Å². The average Bonchev–Trinajstić information content (AvgIpc) is 2.79. The van der Waals surface area contributed by atoms with Crippen molar-refractivity contribution in [2.24, 2.45) is 17.8 Å². The molecule has 0 heterocycles. The number of hydrogen-bond acceptors (Lipinski definition) is 2. The minimum atomic E-state index is -0.0880. The van der Waals surface area contributed by atoms with E-state index in [-0.39, 0.29) is 11.9 Å². The highest BCUT2D eigenvalue weighted by atomic mass is 16.5. The van der Waals surface area contributed by atoms with Crippen LogP contribution in [0.25, 0.3) is 0 Å². The Hall–Kier alpha value is -1.01. The average molecular weight is 180 g/mol. The fraction of sp³-hybridized carbons (Fsp3) is 0.636. The highest BCUT2D eigenvalue weighted by Crippen LogP contribution is 2.50. The molecule has 2 nitrogen and oxygen atoms in total. The number of carbonyl (C=O) groups is 1. The van der Waals surface area contributed by atoms with Gasteiger partial charge in [0.15, 0.2) is 0 Å². The Balaban J connectivity index is 2.55. The summed E-state index contributed by atoms with van der Waals surface area (Å²) in [6.45, 7) is 5.65. The summed E-state index contributed by atoms with van der Waals surface area (Å²) in [5.74, 6) is 0.769. The van der Waals surface area contributed by atoms with Crippen LogP contribution in [0.2, 0.25) is 0 Å². The molecule has 1 fully saturated rings. The number of carbonyl (C=O) groups excluding carboxylic acids is 1. The number of rotatable bonds is 4. The summed E-state index contributed by atoms with van der Waals surface area (Å²) in [5, 5.41) is 0. The van der Waals surface area contributed by atoms with E-state index in [1.165, 1.54) is 7.11 Å². The molecular formula is C11H16O2. The predicted molar refractivity (Wildman–Crippen MR) is 51.1 cm³/mol. The predicted octanol–water partition coefficient (Wildman–Crippen LogP) is 2.16. The monoisotopic (exact) mass is 180 g/mol. The first kappa shape index (κ1) is 10.1. The highest BCUT2D eigenvalue weighted by Gasteiger charge is 2.53. The van der Waals surface area contributed by atoms with Gasteiger partial charge >= 0.3 is 5.97 Å². The Kier molecular flexibility index (Phi) is 3.32. The largest absolute Gasteiger partial charge is 0.469 e. The first-order chi connectivity index (χ1) is 6.26. The van der Waals surface area contributed by atoms with Crippen molar-refractivity contribution in [3.63, 3.8) is 0 Å². The summed E-state index contributed by atoms with van der Waals surface area (Å²) in [6, 6.07) is 0. The van der Waals surface area contributed by atoms with Gasteiger partial charge in [-0.05, 0) is 18.4 Å². The molecule has 3 atom stereocenters. The summed E-state index contributed by atoms with van der Waals surface area (Å²) in [7, 11) is 1.44. The standard InChI is InChI=1S/C11H16O2/c1-4-6-8-9(7-5-2)10(8)11(12)13-3/h6,8-10H,1,5,7H2,2-3H3. The molecule has 3 unspecified atom stereocenters. The summed E-state index contributed by atoms with van der Waals surface area (Å²) in [4.78, 5) is 11.3. The van der Waals surface area contributed by atoms with Gasteiger partial charge in [0.2, 0.25) is 0 Å². The minimum Gasteiger partial charge on any atom is -0.469 e. The summed E-state index contributed by atoms with van der Waals surface area (Å²) in [6.07, 6.45) is 4.09. The summed E-state index contributed by atoms with van der Waals surface area (Å²) < 4.78 is 4.72. The second kappa shape index (κ2) is 4.29. The zero-order chi connectivity index (χ0) is 9.84. The quantitative estimate of drug-likeness (QED) is 0.489. The van der Waals surface area contributed by atoms with Crippen molar-refractivity contribution in [3.05, 3.63) is 18.4 Å². The zero-order valence-corrected chi connectivity index (χ0v) is 8.25. The molecule has 13 heavy (non-hydrogen) atoms. The van der Waals surface area contributed by atoms with Crippen LogP contribution in [0.5, 0.6) is 0 Å². The van der Waals surface area contributed by atoms with E-state index >= 15 is 0 Å². The van der Waals surface area contributed by atoms with Crippen molar-refractivity contribution in [1.29, 1.82) is 0 Å². The van der Waals surface area contributed by atoms with Crippen molar-refractivity contribution >= 4 is 5.97 Å². The lowest BCUT2D eigenvalue weighted by molar-refractivity contribution is -0.142. The molecule has 72 valence electrons. The molecule has 0 spiro atoms. The van der Waals surface area contributed by atoms with E-state index in [0.717, 1.165) is 12.8 Å². The lowest BCUT2D eigenvalue weighted by Gasteiger charge is -1.94. The van der Waals surface area contributed by atoms with Gasteiger partial charge in [-0.2, -0.15) is 0 Å².